The van der Waals surface area contributed by atoms with E-state index in [4.69, 9.17) is 8.92 Å². The van der Waals surface area contributed by atoms with Gasteiger partial charge in [0.15, 0.2) is 0 Å². The Kier molecular flexibility index (Phi) is 5.05. The predicted molar refractivity (Wildman–Crippen MR) is 97.3 cm³/mol. The number of ether oxygens (including phenoxy) is 1. The number of hydrogen-bond acceptors (Lipinski definition) is 5. The minimum Gasteiger partial charge on any atom is -0.444 e. The van der Waals surface area contributed by atoms with E-state index >= 15 is 0 Å². The van der Waals surface area contributed by atoms with Crippen molar-refractivity contribution in [3.05, 3.63) is 29.8 Å². The van der Waals surface area contributed by atoms with Crippen LogP contribution >= 0.6 is 0 Å². The van der Waals surface area contributed by atoms with Gasteiger partial charge in [-0.15, -0.1) is 0 Å². The molecule has 1 aromatic rings. The fourth-order valence-electron chi connectivity index (χ4n) is 3.76. The summed E-state index contributed by atoms with van der Waals surface area (Å²) in [4.78, 5) is 14.2. The number of benzene rings is 1. The van der Waals surface area contributed by atoms with Gasteiger partial charge in [-0.1, -0.05) is 17.7 Å². The summed E-state index contributed by atoms with van der Waals surface area (Å²) >= 11 is 0. The van der Waals surface area contributed by atoms with E-state index in [1.807, 2.05) is 27.7 Å². The second-order valence-corrected chi connectivity index (χ2v) is 9.95. The second kappa shape index (κ2) is 6.85. The van der Waals surface area contributed by atoms with Gasteiger partial charge in [0, 0.05) is 12.6 Å². The molecular formula is C19H27NO5S. The number of piperidine rings is 1. The maximum absolute atomic E-state index is 12.3. The molecule has 1 saturated heterocycles. The third-order valence-electron chi connectivity index (χ3n) is 5.06. The van der Waals surface area contributed by atoms with Crippen LogP contribution in [0.3, 0.4) is 0 Å². The normalized spacial score (nSPS) is 25.5. The highest BCUT2D eigenvalue weighted by Crippen LogP contribution is 2.43. The van der Waals surface area contributed by atoms with Crippen molar-refractivity contribution in [2.45, 2.75) is 57.1 Å². The predicted octanol–water partition coefficient (Wildman–Crippen LogP) is 3.35. The molecule has 0 spiro atoms. The van der Waals surface area contributed by atoms with Crippen LogP contribution in [-0.4, -0.2) is 44.2 Å². The van der Waals surface area contributed by atoms with Gasteiger partial charge >= 0.3 is 6.09 Å². The smallest absolute Gasteiger partial charge is 0.410 e. The summed E-state index contributed by atoms with van der Waals surface area (Å²) in [6.45, 7) is 8.24. The molecule has 0 aromatic heterocycles. The molecule has 0 radical (unpaired) electrons. The van der Waals surface area contributed by atoms with E-state index in [0.717, 1.165) is 18.4 Å². The van der Waals surface area contributed by atoms with Crippen LogP contribution in [0.4, 0.5) is 4.79 Å². The maximum Gasteiger partial charge on any atom is 0.410 e. The Morgan fingerprint density at radius 2 is 1.85 bits per heavy atom. The summed E-state index contributed by atoms with van der Waals surface area (Å²) in [5, 5.41) is 0. The number of carbonyl (C=O) groups is 1. The van der Waals surface area contributed by atoms with Crippen LogP contribution in [0.25, 0.3) is 0 Å². The lowest BCUT2D eigenvalue weighted by atomic mass is 9.96. The Morgan fingerprint density at radius 1 is 1.19 bits per heavy atom. The quantitative estimate of drug-likeness (QED) is 0.748. The Balaban J connectivity index is 1.55. The zero-order chi connectivity index (χ0) is 19.1. The van der Waals surface area contributed by atoms with Gasteiger partial charge < -0.3 is 9.64 Å². The fourth-order valence-corrected chi connectivity index (χ4v) is 4.72. The minimum atomic E-state index is -3.74. The number of likely N-dealkylation sites (tertiary alicyclic amines) is 1. The highest BCUT2D eigenvalue weighted by molar-refractivity contribution is 7.86. The lowest BCUT2D eigenvalue weighted by Gasteiger charge is -2.33. The van der Waals surface area contributed by atoms with Gasteiger partial charge in [-0.25, -0.2) is 4.79 Å². The molecule has 0 N–H and O–H groups in total. The van der Waals surface area contributed by atoms with Crippen LogP contribution < -0.4 is 0 Å². The molecule has 1 aliphatic carbocycles. The van der Waals surface area contributed by atoms with Crippen molar-refractivity contribution in [3.63, 3.8) is 0 Å². The number of carbonyl (C=O) groups excluding carboxylic acids is 1. The van der Waals surface area contributed by atoms with Gasteiger partial charge in [-0.2, -0.15) is 8.42 Å². The number of rotatable bonds is 4. The van der Waals surface area contributed by atoms with Crippen molar-refractivity contribution in [1.82, 2.24) is 4.90 Å². The second-order valence-electron chi connectivity index (χ2n) is 8.33. The Bertz CT molecular complexity index is 766. The molecule has 2 bridgehead atoms. The minimum absolute atomic E-state index is 0.116. The molecule has 26 heavy (non-hydrogen) atoms. The van der Waals surface area contributed by atoms with Crippen molar-refractivity contribution in [2.75, 3.05) is 13.2 Å². The Morgan fingerprint density at radius 3 is 2.38 bits per heavy atom. The molecule has 2 fully saturated rings. The van der Waals surface area contributed by atoms with Gasteiger partial charge in [-0.3, -0.25) is 4.18 Å². The Hall–Kier alpha value is -1.60. The number of fused-ring (bicyclic) bond motifs is 2. The van der Waals surface area contributed by atoms with Gasteiger partial charge in [-0.05, 0) is 64.5 Å². The van der Waals surface area contributed by atoms with Crippen LogP contribution in [0.1, 0.15) is 39.2 Å². The van der Waals surface area contributed by atoms with Gasteiger partial charge in [0.25, 0.3) is 10.1 Å². The first kappa shape index (κ1) is 19.2. The standard InChI is InChI=1S/C19H27NO5S/c1-13-5-7-17(8-6-13)26(22,23)24-12-15-10-16-9-14(15)11-20(16)18(21)25-19(2,3)4/h5-8,14-16H,9-12H2,1-4H3/t14-,15-,16-/m1/s1. The first-order valence-corrected chi connectivity index (χ1v) is 10.4. The van der Waals surface area contributed by atoms with Crippen LogP contribution in [0.15, 0.2) is 29.2 Å². The number of nitrogens with zero attached hydrogens (tertiary/aromatic N) is 1. The molecule has 3 atom stereocenters. The van der Waals surface area contributed by atoms with Crippen molar-refractivity contribution in [3.8, 4) is 0 Å². The van der Waals surface area contributed by atoms with Crippen LogP contribution in [0, 0.1) is 18.8 Å². The summed E-state index contributed by atoms with van der Waals surface area (Å²) in [5.74, 6) is 0.416. The fraction of sp³-hybridized carbons (Fsp3) is 0.632. The monoisotopic (exact) mass is 381 g/mol. The van der Waals surface area contributed by atoms with Crippen molar-refractivity contribution >= 4 is 16.2 Å². The van der Waals surface area contributed by atoms with E-state index in [2.05, 4.69) is 0 Å². The molecule has 1 aromatic carbocycles. The molecule has 1 amide bonds. The van der Waals surface area contributed by atoms with E-state index in [1.54, 1.807) is 29.2 Å². The molecule has 1 aliphatic heterocycles. The summed E-state index contributed by atoms with van der Waals surface area (Å²) in [7, 11) is -3.74. The van der Waals surface area contributed by atoms with Crippen molar-refractivity contribution in [1.29, 1.82) is 0 Å². The number of hydrogen-bond donors (Lipinski definition) is 0. The van der Waals surface area contributed by atoms with Crippen molar-refractivity contribution in [2.24, 2.45) is 11.8 Å². The van der Waals surface area contributed by atoms with E-state index < -0.39 is 15.7 Å². The van der Waals surface area contributed by atoms with E-state index in [1.165, 1.54) is 0 Å². The third kappa shape index (κ3) is 4.20. The lowest BCUT2D eigenvalue weighted by molar-refractivity contribution is 0.0144. The highest BCUT2D eigenvalue weighted by atomic mass is 32.2. The first-order chi connectivity index (χ1) is 12.0. The Labute approximate surface area is 155 Å². The summed E-state index contributed by atoms with van der Waals surface area (Å²) in [5.41, 5.74) is 0.489. The third-order valence-corrected chi connectivity index (χ3v) is 6.36. The maximum atomic E-state index is 12.3. The largest absolute Gasteiger partial charge is 0.444 e. The van der Waals surface area contributed by atoms with Crippen LogP contribution in [-0.2, 0) is 19.0 Å². The highest BCUT2D eigenvalue weighted by Gasteiger charge is 2.47. The van der Waals surface area contributed by atoms with E-state index in [9.17, 15) is 13.2 Å². The molecule has 1 heterocycles. The zero-order valence-electron chi connectivity index (χ0n) is 15.8. The topological polar surface area (TPSA) is 72.9 Å². The van der Waals surface area contributed by atoms with Gasteiger partial charge in [0.05, 0.1) is 11.5 Å². The average molecular weight is 381 g/mol. The summed E-state index contributed by atoms with van der Waals surface area (Å²) in [6.07, 6.45) is 1.36. The SMILES string of the molecule is Cc1ccc(S(=O)(=O)OC[C@H]2C[C@H]3C[C@@H]2CN3C(=O)OC(C)(C)C)cc1. The molecule has 0 unspecified atom stereocenters. The molecule has 2 aliphatic rings. The zero-order valence-corrected chi connectivity index (χ0v) is 16.6. The molecule has 7 heteroatoms. The van der Waals surface area contributed by atoms with E-state index in [0.29, 0.717) is 6.54 Å². The molecule has 1 saturated carbocycles. The van der Waals surface area contributed by atoms with Crippen LogP contribution in [0.2, 0.25) is 0 Å². The molecule has 6 nitrogen and oxygen atoms in total. The lowest BCUT2D eigenvalue weighted by Crippen LogP contribution is -2.43. The van der Waals surface area contributed by atoms with Crippen molar-refractivity contribution < 1.29 is 22.1 Å². The van der Waals surface area contributed by atoms with Crippen LogP contribution in [0.5, 0.6) is 0 Å². The summed E-state index contributed by atoms with van der Waals surface area (Å²) in [6, 6.07) is 6.76. The summed E-state index contributed by atoms with van der Waals surface area (Å²) < 4.78 is 35.4. The van der Waals surface area contributed by atoms with Gasteiger partial charge in [0.2, 0.25) is 0 Å². The number of amides is 1. The van der Waals surface area contributed by atoms with Gasteiger partial charge in [0.1, 0.15) is 5.60 Å². The molecule has 3 rings (SSSR count). The molecular weight excluding hydrogens is 354 g/mol. The first-order valence-electron chi connectivity index (χ1n) is 9.01. The number of aryl methyl sites for hydroxylation is 1. The van der Waals surface area contributed by atoms with E-state index in [-0.39, 0.29) is 35.5 Å². The average Bonchev–Trinajstić information content (AvgIpc) is 3.12. The molecule has 144 valence electrons.